The number of methoxy groups -OCH3 is 2. The first-order valence-corrected chi connectivity index (χ1v) is 13.1. The van der Waals surface area contributed by atoms with E-state index in [9.17, 15) is 19.1 Å². The zero-order chi connectivity index (χ0) is 28.1. The first kappa shape index (κ1) is 28.4. The van der Waals surface area contributed by atoms with Gasteiger partial charge in [0.1, 0.15) is 24.6 Å². The smallest absolute Gasteiger partial charge is 0.295 e. The van der Waals surface area contributed by atoms with E-state index >= 15 is 0 Å². The van der Waals surface area contributed by atoms with Gasteiger partial charge in [0.05, 0.1) is 46.1 Å². The third-order valence-corrected chi connectivity index (χ3v) is 6.95. The molecule has 0 radical (unpaired) electrons. The Morgan fingerprint density at radius 2 is 1.82 bits per heavy atom. The number of quaternary nitrogens is 1. The summed E-state index contributed by atoms with van der Waals surface area (Å²) in [6.45, 7) is 7.68. The Morgan fingerprint density at radius 3 is 2.46 bits per heavy atom. The number of amides is 1. The number of hydrogen-bond acceptors (Lipinski definition) is 7. The summed E-state index contributed by atoms with van der Waals surface area (Å²) in [4.78, 5) is 29.5. The van der Waals surface area contributed by atoms with Crippen LogP contribution >= 0.6 is 0 Å². The molecule has 0 spiro atoms. The van der Waals surface area contributed by atoms with Gasteiger partial charge >= 0.3 is 0 Å². The minimum absolute atomic E-state index is 0.00127. The lowest BCUT2D eigenvalue weighted by Crippen LogP contribution is -3.14. The molecule has 0 aromatic heterocycles. The molecule has 2 aromatic rings. The Bertz CT molecular complexity index is 1240. The zero-order valence-corrected chi connectivity index (χ0v) is 22.8. The number of nitrogens with zero attached hydrogens (tertiary/aromatic N) is 1. The summed E-state index contributed by atoms with van der Waals surface area (Å²) in [5.74, 6) is -2.26. The molecule has 2 saturated heterocycles. The van der Waals surface area contributed by atoms with E-state index in [-0.39, 0.29) is 29.5 Å². The third-order valence-electron chi connectivity index (χ3n) is 6.95. The first-order chi connectivity index (χ1) is 18.7. The zero-order valence-electron chi connectivity index (χ0n) is 22.8. The van der Waals surface area contributed by atoms with Crippen molar-refractivity contribution in [1.82, 2.24) is 4.90 Å². The second-order valence-electron chi connectivity index (χ2n) is 9.86. The minimum Gasteiger partial charge on any atom is -0.872 e. The van der Waals surface area contributed by atoms with Crippen molar-refractivity contribution in [2.24, 2.45) is 0 Å². The fraction of sp³-hybridized carbons (Fsp3) is 0.448. The summed E-state index contributed by atoms with van der Waals surface area (Å²) in [6.07, 6.45) is 0.358. The van der Waals surface area contributed by atoms with Crippen molar-refractivity contribution in [1.29, 1.82) is 0 Å². The molecule has 210 valence electrons. The number of benzene rings is 2. The molecule has 2 aliphatic rings. The SMILES string of the molecule is COc1ccc(OC)c(C2/C(=C(\[O-])c3ccc(OC(C)C)c(F)c3)C(=O)C(=O)N2CCC[NH+]2CCOCC2)c1. The van der Waals surface area contributed by atoms with Crippen molar-refractivity contribution in [3.63, 3.8) is 0 Å². The molecular formula is C29H35FN2O7. The van der Waals surface area contributed by atoms with Crippen LogP contribution in [0.15, 0.2) is 42.0 Å². The van der Waals surface area contributed by atoms with Crippen molar-refractivity contribution in [3.05, 3.63) is 58.9 Å². The van der Waals surface area contributed by atoms with E-state index in [0.29, 0.717) is 36.7 Å². The Labute approximate surface area is 227 Å². The summed E-state index contributed by atoms with van der Waals surface area (Å²) in [5, 5.41) is 13.8. The van der Waals surface area contributed by atoms with E-state index in [4.69, 9.17) is 18.9 Å². The maximum Gasteiger partial charge on any atom is 0.295 e. The van der Waals surface area contributed by atoms with Crippen molar-refractivity contribution in [3.8, 4) is 17.2 Å². The number of hydrogen-bond donors (Lipinski definition) is 1. The van der Waals surface area contributed by atoms with Crippen molar-refractivity contribution in [2.45, 2.75) is 32.4 Å². The van der Waals surface area contributed by atoms with Gasteiger partial charge < -0.3 is 33.9 Å². The fourth-order valence-corrected chi connectivity index (χ4v) is 5.03. The van der Waals surface area contributed by atoms with Gasteiger partial charge in [-0.05, 0) is 49.7 Å². The summed E-state index contributed by atoms with van der Waals surface area (Å²) in [7, 11) is 2.97. The van der Waals surface area contributed by atoms with Crippen LogP contribution in [-0.2, 0) is 14.3 Å². The highest BCUT2D eigenvalue weighted by molar-refractivity contribution is 6.46. The predicted octanol–water partition coefficient (Wildman–Crippen LogP) is 1.16. The number of ether oxygens (including phenoxy) is 4. The average molecular weight is 543 g/mol. The molecule has 0 saturated carbocycles. The van der Waals surface area contributed by atoms with Crippen LogP contribution in [0.25, 0.3) is 5.76 Å². The van der Waals surface area contributed by atoms with Gasteiger partial charge in [-0.2, -0.15) is 0 Å². The van der Waals surface area contributed by atoms with Gasteiger partial charge in [0.2, 0.25) is 5.78 Å². The van der Waals surface area contributed by atoms with Crippen LogP contribution in [-0.4, -0.2) is 76.3 Å². The quantitative estimate of drug-likeness (QED) is 0.273. The molecule has 2 aromatic carbocycles. The molecule has 2 aliphatic heterocycles. The first-order valence-electron chi connectivity index (χ1n) is 13.1. The average Bonchev–Trinajstić information content (AvgIpc) is 3.18. The number of rotatable bonds is 10. The number of ketones is 1. The third kappa shape index (κ3) is 6.17. The molecule has 9 nitrogen and oxygen atoms in total. The highest BCUT2D eigenvalue weighted by Gasteiger charge is 2.45. The molecule has 39 heavy (non-hydrogen) atoms. The van der Waals surface area contributed by atoms with Crippen LogP contribution in [0.2, 0.25) is 0 Å². The molecular weight excluding hydrogens is 507 g/mol. The summed E-state index contributed by atoms with van der Waals surface area (Å²) in [6, 6.07) is 7.79. The van der Waals surface area contributed by atoms with Gasteiger partial charge in [-0.3, -0.25) is 9.59 Å². The predicted molar refractivity (Wildman–Crippen MR) is 139 cm³/mol. The Hall–Kier alpha value is -3.63. The maximum absolute atomic E-state index is 14.8. The molecule has 1 amide bonds. The number of likely N-dealkylation sites (tertiary alicyclic amines) is 1. The lowest BCUT2D eigenvalue weighted by atomic mass is 9.94. The normalized spacial score (nSPS) is 19.5. The second kappa shape index (κ2) is 12.5. The number of carbonyl (C=O) groups is 2. The van der Waals surface area contributed by atoms with E-state index in [0.717, 1.165) is 25.7 Å². The number of nitrogens with one attached hydrogen (secondary N) is 1. The Kier molecular flexibility index (Phi) is 9.08. The molecule has 0 bridgehead atoms. The largest absolute Gasteiger partial charge is 0.872 e. The van der Waals surface area contributed by atoms with Crippen LogP contribution in [0.3, 0.4) is 0 Å². The van der Waals surface area contributed by atoms with Gasteiger partial charge in [-0.25, -0.2) is 4.39 Å². The van der Waals surface area contributed by atoms with E-state index < -0.39 is 29.3 Å². The molecule has 1 unspecified atom stereocenters. The van der Waals surface area contributed by atoms with E-state index in [1.54, 1.807) is 32.0 Å². The van der Waals surface area contributed by atoms with Crippen molar-refractivity contribution in [2.75, 3.05) is 53.6 Å². The number of carbonyl (C=O) groups excluding carboxylic acids is 2. The van der Waals surface area contributed by atoms with Crippen molar-refractivity contribution < 1.29 is 42.9 Å². The van der Waals surface area contributed by atoms with Crippen LogP contribution in [0.4, 0.5) is 4.39 Å². The van der Waals surface area contributed by atoms with E-state index in [1.165, 1.54) is 36.2 Å². The lowest BCUT2D eigenvalue weighted by molar-refractivity contribution is -0.908. The minimum atomic E-state index is -1.02. The topological polar surface area (TPSA) is 102 Å². The fourth-order valence-electron chi connectivity index (χ4n) is 5.03. The molecule has 2 fully saturated rings. The standard InChI is InChI=1S/C29H35FN2O7/c1-18(2)39-24-8-6-19(16-22(24)30)27(33)25-26(21-17-20(36-3)7-9-23(21)37-4)32(29(35)28(25)34)11-5-10-31-12-14-38-15-13-31/h6-9,16-18,26,33H,5,10-15H2,1-4H3/b27-25+. The van der Waals surface area contributed by atoms with Crippen molar-refractivity contribution >= 4 is 17.4 Å². The van der Waals surface area contributed by atoms with Gasteiger partial charge in [-0.15, -0.1) is 0 Å². The summed E-state index contributed by atoms with van der Waals surface area (Å²) >= 11 is 0. The van der Waals surface area contributed by atoms with Gasteiger partial charge in [0.25, 0.3) is 5.91 Å². The molecule has 1 atom stereocenters. The monoisotopic (exact) mass is 542 g/mol. The van der Waals surface area contributed by atoms with Crippen LogP contribution in [0, 0.1) is 5.82 Å². The Morgan fingerprint density at radius 1 is 1.10 bits per heavy atom. The van der Waals surface area contributed by atoms with E-state index in [2.05, 4.69) is 0 Å². The van der Waals surface area contributed by atoms with Crippen LogP contribution < -0.4 is 24.2 Å². The maximum atomic E-state index is 14.8. The van der Waals surface area contributed by atoms with E-state index in [1.807, 2.05) is 0 Å². The van der Waals surface area contributed by atoms with Gasteiger partial charge in [0, 0.05) is 24.1 Å². The van der Waals surface area contributed by atoms with Gasteiger partial charge in [0.15, 0.2) is 11.6 Å². The second-order valence-corrected chi connectivity index (χ2v) is 9.86. The summed E-state index contributed by atoms with van der Waals surface area (Å²) in [5.41, 5.74) is 0.145. The molecule has 4 rings (SSSR count). The number of halogens is 1. The molecule has 0 aliphatic carbocycles. The number of Topliss-reactive ketones (excluding diaryl/α,β-unsaturated/α-hetero) is 1. The summed E-state index contributed by atoms with van der Waals surface area (Å²) < 4.78 is 36.6. The molecule has 1 N–H and O–H groups in total. The molecule has 10 heteroatoms. The highest BCUT2D eigenvalue weighted by atomic mass is 19.1. The molecule has 2 heterocycles. The lowest BCUT2D eigenvalue weighted by Gasteiger charge is -2.30. The van der Waals surface area contributed by atoms with Crippen LogP contribution in [0.5, 0.6) is 17.2 Å². The van der Waals surface area contributed by atoms with Crippen LogP contribution in [0.1, 0.15) is 37.4 Å². The Balaban J connectivity index is 1.76. The van der Waals surface area contributed by atoms with Gasteiger partial charge in [-0.1, -0.05) is 11.8 Å². The highest BCUT2D eigenvalue weighted by Crippen LogP contribution is 2.43. The number of morpholine rings is 1.